The van der Waals surface area contributed by atoms with Crippen LogP contribution in [0.4, 0.5) is 0 Å². The molecule has 0 atom stereocenters. The summed E-state index contributed by atoms with van der Waals surface area (Å²) in [6, 6.07) is 35.7. The number of aromatic amines is 1. The van der Waals surface area contributed by atoms with E-state index in [1.54, 1.807) is 7.11 Å². The summed E-state index contributed by atoms with van der Waals surface area (Å²) < 4.78 is 5.50. The monoisotopic (exact) mass is 431 g/mol. The first-order valence-corrected chi connectivity index (χ1v) is 11.0. The first kappa shape index (κ1) is 20.8. The fourth-order valence-corrected chi connectivity index (χ4v) is 4.34. The van der Waals surface area contributed by atoms with Crippen molar-refractivity contribution < 1.29 is 9.84 Å². The molecule has 5 aromatic rings. The van der Waals surface area contributed by atoms with Crippen molar-refractivity contribution >= 4 is 23.1 Å². The van der Waals surface area contributed by atoms with Crippen molar-refractivity contribution in [3.63, 3.8) is 0 Å². The number of benzene rings is 4. The average molecular weight is 432 g/mol. The molecule has 2 N–H and O–H groups in total. The van der Waals surface area contributed by atoms with Crippen molar-refractivity contribution in [3.8, 4) is 5.75 Å². The number of nitrogens with one attached hydrogen (secondary N) is 1. The molecule has 0 aliphatic carbocycles. The van der Waals surface area contributed by atoms with Gasteiger partial charge in [0.25, 0.3) is 0 Å². The molecule has 0 unspecified atom stereocenters. The molecule has 0 amide bonds. The lowest BCUT2D eigenvalue weighted by molar-refractivity contribution is 0.121. The molecule has 33 heavy (non-hydrogen) atoms. The summed E-state index contributed by atoms with van der Waals surface area (Å²) >= 11 is 0. The summed E-state index contributed by atoms with van der Waals surface area (Å²) in [5.74, 6) is 0.769. The molecular formula is C30H25NO2. The van der Waals surface area contributed by atoms with E-state index in [4.69, 9.17) is 4.74 Å². The molecule has 0 aliphatic heterocycles. The van der Waals surface area contributed by atoms with Crippen molar-refractivity contribution in [1.29, 1.82) is 0 Å². The summed E-state index contributed by atoms with van der Waals surface area (Å²) in [4.78, 5) is 3.53. The molecule has 0 spiro atoms. The van der Waals surface area contributed by atoms with Crippen LogP contribution in [0.1, 0.15) is 27.9 Å². The van der Waals surface area contributed by atoms with Crippen molar-refractivity contribution in [1.82, 2.24) is 4.98 Å². The first-order valence-electron chi connectivity index (χ1n) is 11.0. The molecule has 1 aromatic heterocycles. The second-order valence-corrected chi connectivity index (χ2v) is 8.01. The number of aromatic nitrogens is 1. The molecule has 5 rings (SSSR count). The highest BCUT2D eigenvalue weighted by Gasteiger charge is 2.37. The minimum absolute atomic E-state index is 0.718. The van der Waals surface area contributed by atoms with Crippen LogP contribution in [0, 0.1) is 0 Å². The van der Waals surface area contributed by atoms with E-state index in [0.29, 0.717) is 0 Å². The molecule has 1 heterocycles. The zero-order valence-electron chi connectivity index (χ0n) is 18.4. The molecule has 3 nitrogen and oxygen atoms in total. The van der Waals surface area contributed by atoms with Gasteiger partial charge >= 0.3 is 0 Å². The number of rotatable bonds is 6. The van der Waals surface area contributed by atoms with E-state index >= 15 is 0 Å². The second-order valence-electron chi connectivity index (χ2n) is 8.01. The number of H-pyrrole nitrogens is 1. The van der Waals surface area contributed by atoms with E-state index in [2.05, 4.69) is 29.3 Å². The Morgan fingerprint density at radius 3 is 1.88 bits per heavy atom. The SMILES string of the molecule is COc1ccc2[nH]c(C(O)(c3ccccc3)c3ccccc3)c(/C=C/c3ccccc3)c2c1. The van der Waals surface area contributed by atoms with E-state index in [1.165, 1.54) is 0 Å². The third kappa shape index (κ3) is 3.84. The minimum atomic E-state index is -1.37. The van der Waals surface area contributed by atoms with Crippen LogP contribution < -0.4 is 4.74 Å². The molecular weight excluding hydrogens is 406 g/mol. The Bertz CT molecular complexity index is 1350. The zero-order valence-corrected chi connectivity index (χ0v) is 18.4. The molecule has 0 saturated carbocycles. The van der Waals surface area contributed by atoms with Crippen LogP contribution in [0.25, 0.3) is 23.1 Å². The lowest BCUT2D eigenvalue weighted by atomic mass is 9.81. The smallest absolute Gasteiger partial charge is 0.155 e. The number of hydrogen-bond acceptors (Lipinski definition) is 2. The van der Waals surface area contributed by atoms with Crippen LogP contribution in [-0.4, -0.2) is 17.2 Å². The maximum atomic E-state index is 12.4. The average Bonchev–Trinajstić information content (AvgIpc) is 3.26. The summed E-state index contributed by atoms with van der Waals surface area (Å²) in [5.41, 5.74) is 3.88. The zero-order chi connectivity index (χ0) is 22.7. The van der Waals surface area contributed by atoms with Gasteiger partial charge in [-0.25, -0.2) is 0 Å². The summed E-state index contributed by atoms with van der Waals surface area (Å²) in [6.07, 6.45) is 4.14. The number of fused-ring (bicyclic) bond motifs is 1. The molecule has 0 fully saturated rings. The van der Waals surface area contributed by atoms with Gasteiger partial charge in [0, 0.05) is 16.5 Å². The number of ether oxygens (including phenoxy) is 1. The number of hydrogen-bond donors (Lipinski definition) is 2. The lowest BCUT2D eigenvalue weighted by Crippen LogP contribution is -2.30. The van der Waals surface area contributed by atoms with E-state index in [1.807, 2.05) is 97.1 Å². The first-order chi connectivity index (χ1) is 16.2. The van der Waals surface area contributed by atoms with Gasteiger partial charge in [-0.1, -0.05) is 103 Å². The third-order valence-electron chi connectivity index (χ3n) is 6.03. The Morgan fingerprint density at radius 1 is 0.727 bits per heavy atom. The predicted octanol–water partition coefficient (Wildman–Crippen LogP) is 6.63. The highest BCUT2D eigenvalue weighted by molar-refractivity contribution is 5.95. The molecule has 0 bridgehead atoms. The molecule has 4 aromatic carbocycles. The number of methoxy groups -OCH3 is 1. The normalized spacial score (nSPS) is 11.8. The van der Waals surface area contributed by atoms with Gasteiger partial charge in [-0.15, -0.1) is 0 Å². The lowest BCUT2D eigenvalue weighted by Gasteiger charge is -2.29. The van der Waals surface area contributed by atoms with Crippen LogP contribution in [0.2, 0.25) is 0 Å². The van der Waals surface area contributed by atoms with E-state index < -0.39 is 5.60 Å². The molecule has 162 valence electrons. The topological polar surface area (TPSA) is 45.2 Å². The standard InChI is InChI=1S/C30H25NO2/c1-33-25-18-20-28-27(21-25)26(19-17-22-11-5-2-6-12-22)29(31-28)30(32,23-13-7-3-8-14-23)24-15-9-4-10-16-24/h2-21,31-32H,1H3/b19-17+. The third-order valence-corrected chi connectivity index (χ3v) is 6.03. The van der Waals surface area contributed by atoms with Gasteiger partial charge in [0.1, 0.15) is 5.75 Å². The molecule has 0 aliphatic rings. The van der Waals surface area contributed by atoms with Crippen LogP contribution >= 0.6 is 0 Å². The van der Waals surface area contributed by atoms with Crippen molar-refractivity contribution in [2.45, 2.75) is 5.60 Å². The Balaban J connectivity index is 1.80. The van der Waals surface area contributed by atoms with Gasteiger partial charge in [-0.05, 0) is 34.9 Å². The molecule has 3 heteroatoms. The summed E-state index contributed by atoms with van der Waals surface area (Å²) in [5, 5.41) is 13.4. The Labute approximate surface area is 193 Å². The fourth-order valence-electron chi connectivity index (χ4n) is 4.34. The van der Waals surface area contributed by atoms with Gasteiger partial charge < -0.3 is 14.8 Å². The van der Waals surface area contributed by atoms with Gasteiger partial charge in [-0.3, -0.25) is 0 Å². The molecule has 0 radical (unpaired) electrons. The quantitative estimate of drug-likeness (QED) is 0.317. The van der Waals surface area contributed by atoms with Crippen LogP contribution in [0.15, 0.2) is 109 Å². The van der Waals surface area contributed by atoms with Crippen LogP contribution in [0.5, 0.6) is 5.75 Å². The number of aliphatic hydroxyl groups is 1. The largest absolute Gasteiger partial charge is 0.497 e. The molecule has 0 saturated heterocycles. The van der Waals surface area contributed by atoms with Gasteiger partial charge in [0.2, 0.25) is 0 Å². The van der Waals surface area contributed by atoms with Crippen LogP contribution in [0.3, 0.4) is 0 Å². The Kier molecular flexibility index (Phi) is 5.55. The predicted molar refractivity (Wildman–Crippen MR) is 135 cm³/mol. The van der Waals surface area contributed by atoms with Gasteiger partial charge in [0.15, 0.2) is 5.60 Å². The highest BCUT2D eigenvalue weighted by atomic mass is 16.5. The van der Waals surface area contributed by atoms with E-state index in [9.17, 15) is 5.11 Å². The van der Waals surface area contributed by atoms with Crippen molar-refractivity contribution in [2.24, 2.45) is 0 Å². The fraction of sp³-hybridized carbons (Fsp3) is 0.0667. The maximum absolute atomic E-state index is 12.4. The van der Waals surface area contributed by atoms with E-state index in [0.717, 1.165) is 44.6 Å². The van der Waals surface area contributed by atoms with Gasteiger partial charge in [0.05, 0.1) is 12.8 Å². The van der Waals surface area contributed by atoms with Gasteiger partial charge in [-0.2, -0.15) is 0 Å². The highest BCUT2D eigenvalue weighted by Crippen LogP contribution is 2.41. The maximum Gasteiger partial charge on any atom is 0.155 e. The summed E-state index contributed by atoms with van der Waals surface area (Å²) in [6.45, 7) is 0. The summed E-state index contributed by atoms with van der Waals surface area (Å²) in [7, 11) is 1.67. The minimum Gasteiger partial charge on any atom is -0.497 e. The second kappa shape index (κ2) is 8.81. The Hall–Kier alpha value is -4.08. The van der Waals surface area contributed by atoms with E-state index in [-0.39, 0.29) is 0 Å². The van der Waals surface area contributed by atoms with Crippen LogP contribution in [-0.2, 0) is 5.60 Å². The Morgan fingerprint density at radius 2 is 1.30 bits per heavy atom. The van der Waals surface area contributed by atoms with Crippen molar-refractivity contribution in [3.05, 3.63) is 137 Å². The van der Waals surface area contributed by atoms with Crippen molar-refractivity contribution in [2.75, 3.05) is 7.11 Å².